The van der Waals surface area contributed by atoms with Crippen molar-refractivity contribution >= 4 is 23.2 Å². The van der Waals surface area contributed by atoms with Gasteiger partial charge in [0.1, 0.15) is 0 Å². The van der Waals surface area contributed by atoms with Gasteiger partial charge in [-0.1, -0.05) is 29.8 Å². The Labute approximate surface area is 89.0 Å². The van der Waals surface area contributed by atoms with Gasteiger partial charge in [-0.2, -0.15) is 0 Å². The van der Waals surface area contributed by atoms with Gasteiger partial charge in [0, 0.05) is 10.4 Å². The van der Waals surface area contributed by atoms with Gasteiger partial charge in [-0.3, -0.25) is 0 Å². The lowest BCUT2D eigenvalue weighted by Crippen LogP contribution is -1.93. The summed E-state index contributed by atoms with van der Waals surface area (Å²) in [5.41, 5.74) is 0. The second-order valence-corrected chi connectivity index (χ2v) is 4.36. The molecule has 2 aliphatic carbocycles. The first-order chi connectivity index (χ1) is 6.18. The number of rotatable bonds is 0. The molecule has 13 heavy (non-hydrogen) atoms. The fraction of sp³-hybridized carbons (Fsp3) is 0.600. The van der Waals surface area contributed by atoms with E-state index in [0.717, 1.165) is 30.7 Å². The zero-order valence-electron chi connectivity index (χ0n) is 7.42. The van der Waals surface area contributed by atoms with Crippen LogP contribution < -0.4 is 0 Å². The lowest BCUT2D eigenvalue weighted by Gasteiger charge is -1.91. The van der Waals surface area contributed by atoms with Crippen LogP contribution in [0.2, 0.25) is 0 Å². The van der Waals surface area contributed by atoms with Gasteiger partial charge in [0.2, 0.25) is 0 Å². The average molecular weight is 221 g/mol. The number of hydrogen-bond acceptors (Lipinski definition) is 1. The third-order valence-corrected chi connectivity index (χ3v) is 2.64. The maximum Gasteiger partial charge on any atom is 0.0723 e. The van der Waals surface area contributed by atoms with Crippen LogP contribution in [0.25, 0.3) is 0 Å². The van der Waals surface area contributed by atoms with Crippen molar-refractivity contribution in [1.82, 2.24) is 0 Å². The zero-order chi connectivity index (χ0) is 9.68. The number of alkyl halides is 1. The number of aliphatic hydroxyl groups is 1. The van der Waals surface area contributed by atoms with Gasteiger partial charge in [0.25, 0.3) is 0 Å². The summed E-state index contributed by atoms with van der Waals surface area (Å²) < 4.78 is 0. The standard InChI is InChI=1S/C5H6Cl2.C5H8O/c6-4-1-2-5(7)3-4;6-5-3-1-2-4-5/h1,5H,2-3H2;1,3,5-6H,2,4H2. The Morgan fingerprint density at radius 3 is 2.38 bits per heavy atom. The van der Waals surface area contributed by atoms with Crippen LogP contribution in [0.4, 0.5) is 0 Å². The van der Waals surface area contributed by atoms with Crippen molar-refractivity contribution in [1.29, 1.82) is 0 Å². The Kier molecular flexibility index (Phi) is 4.86. The lowest BCUT2D eigenvalue weighted by atomic mass is 10.3. The number of halogens is 2. The Morgan fingerprint density at radius 1 is 1.46 bits per heavy atom. The minimum Gasteiger partial charge on any atom is -0.389 e. The molecule has 2 atom stereocenters. The van der Waals surface area contributed by atoms with Gasteiger partial charge >= 0.3 is 0 Å². The van der Waals surface area contributed by atoms with E-state index in [2.05, 4.69) is 0 Å². The Balaban J connectivity index is 0.000000132. The highest BCUT2D eigenvalue weighted by molar-refractivity contribution is 6.31. The molecule has 0 aromatic carbocycles. The molecule has 0 bridgehead atoms. The summed E-state index contributed by atoms with van der Waals surface area (Å²) in [4.78, 5) is 0. The summed E-state index contributed by atoms with van der Waals surface area (Å²) in [6.45, 7) is 0. The topological polar surface area (TPSA) is 20.2 Å². The molecule has 0 aliphatic heterocycles. The third-order valence-electron chi connectivity index (χ3n) is 2.00. The first kappa shape index (κ1) is 11.1. The predicted octanol–water partition coefficient (Wildman–Crippen LogP) is 3.21. The Hall–Kier alpha value is 0.0200. The van der Waals surface area contributed by atoms with Crippen molar-refractivity contribution in [2.45, 2.75) is 37.2 Å². The highest BCUT2D eigenvalue weighted by Gasteiger charge is 2.10. The minimum atomic E-state index is -0.134. The van der Waals surface area contributed by atoms with Gasteiger partial charge in [-0.05, 0) is 25.7 Å². The molecule has 0 spiro atoms. The number of hydrogen-bond donors (Lipinski definition) is 1. The highest BCUT2D eigenvalue weighted by atomic mass is 35.5. The first-order valence-electron chi connectivity index (χ1n) is 4.52. The molecule has 0 radical (unpaired) electrons. The van der Waals surface area contributed by atoms with Crippen LogP contribution >= 0.6 is 23.2 Å². The van der Waals surface area contributed by atoms with E-state index in [1.165, 1.54) is 0 Å². The second kappa shape index (κ2) is 5.69. The fourth-order valence-corrected chi connectivity index (χ4v) is 1.86. The van der Waals surface area contributed by atoms with E-state index in [1.54, 1.807) is 0 Å². The third kappa shape index (κ3) is 4.70. The van der Waals surface area contributed by atoms with Crippen molar-refractivity contribution in [2.24, 2.45) is 0 Å². The van der Waals surface area contributed by atoms with Crippen LogP contribution in [-0.4, -0.2) is 16.6 Å². The molecule has 74 valence electrons. The van der Waals surface area contributed by atoms with Gasteiger partial charge < -0.3 is 5.11 Å². The average Bonchev–Trinajstić information content (AvgIpc) is 2.64. The summed E-state index contributed by atoms with van der Waals surface area (Å²) in [5, 5.41) is 9.83. The van der Waals surface area contributed by atoms with Crippen molar-refractivity contribution in [2.75, 3.05) is 0 Å². The van der Waals surface area contributed by atoms with E-state index in [9.17, 15) is 0 Å². The van der Waals surface area contributed by atoms with E-state index in [1.807, 2.05) is 18.2 Å². The van der Waals surface area contributed by atoms with E-state index in [4.69, 9.17) is 28.3 Å². The highest BCUT2D eigenvalue weighted by Crippen LogP contribution is 2.25. The van der Waals surface area contributed by atoms with Crippen LogP contribution in [0, 0.1) is 0 Å². The SMILES string of the molecule is ClC1=CCC(Cl)C1.OC1C=CCC1. The molecule has 2 unspecified atom stereocenters. The van der Waals surface area contributed by atoms with E-state index in [-0.39, 0.29) is 11.5 Å². The molecular formula is C10H14Cl2O. The second-order valence-electron chi connectivity index (χ2n) is 3.26. The van der Waals surface area contributed by atoms with Crippen molar-refractivity contribution in [3.05, 3.63) is 23.3 Å². The maximum atomic E-state index is 8.64. The van der Waals surface area contributed by atoms with Crippen molar-refractivity contribution in [3.8, 4) is 0 Å². The number of allylic oxidation sites excluding steroid dienone is 3. The first-order valence-corrected chi connectivity index (χ1v) is 5.33. The van der Waals surface area contributed by atoms with E-state index >= 15 is 0 Å². The molecule has 0 amide bonds. The van der Waals surface area contributed by atoms with Gasteiger partial charge in [0.15, 0.2) is 0 Å². The molecule has 2 aliphatic rings. The lowest BCUT2D eigenvalue weighted by molar-refractivity contribution is 0.223. The fourth-order valence-electron chi connectivity index (χ4n) is 1.25. The van der Waals surface area contributed by atoms with Crippen molar-refractivity contribution in [3.63, 3.8) is 0 Å². The molecule has 2 rings (SSSR count). The van der Waals surface area contributed by atoms with Crippen LogP contribution in [0.15, 0.2) is 23.3 Å². The van der Waals surface area contributed by atoms with E-state index < -0.39 is 0 Å². The van der Waals surface area contributed by atoms with E-state index in [0.29, 0.717) is 0 Å². The molecule has 3 heteroatoms. The van der Waals surface area contributed by atoms with Gasteiger partial charge in [-0.25, -0.2) is 0 Å². The van der Waals surface area contributed by atoms with Crippen LogP contribution in [0.3, 0.4) is 0 Å². The zero-order valence-corrected chi connectivity index (χ0v) is 8.93. The smallest absolute Gasteiger partial charge is 0.0723 e. The summed E-state index contributed by atoms with van der Waals surface area (Å²) in [6.07, 6.45) is 9.47. The summed E-state index contributed by atoms with van der Waals surface area (Å²) >= 11 is 11.3. The predicted molar refractivity (Wildman–Crippen MR) is 57.2 cm³/mol. The quantitative estimate of drug-likeness (QED) is 0.492. The molecule has 0 saturated carbocycles. The minimum absolute atomic E-state index is 0.134. The van der Waals surface area contributed by atoms with Gasteiger partial charge in [-0.15, -0.1) is 11.6 Å². The van der Waals surface area contributed by atoms with Crippen LogP contribution in [0.5, 0.6) is 0 Å². The van der Waals surface area contributed by atoms with Gasteiger partial charge in [0.05, 0.1) is 6.10 Å². The molecule has 0 saturated heterocycles. The number of aliphatic hydroxyl groups excluding tert-OH is 1. The largest absolute Gasteiger partial charge is 0.389 e. The summed E-state index contributed by atoms with van der Waals surface area (Å²) in [7, 11) is 0. The Morgan fingerprint density at radius 2 is 2.23 bits per heavy atom. The molecule has 0 fully saturated rings. The van der Waals surface area contributed by atoms with Crippen molar-refractivity contribution < 1.29 is 5.11 Å². The molecule has 0 aromatic heterocycles. The molecule has 0 aromatic rings. The van der Waals surface area contributed by atoms with Crippen LogP contribution in [-0.2, 0) is 0 Å². The normalized spacial score (nSPS) is 31.2. The maximum absolute atomic E-state index is 8.64. The molecule has 0 heterocycles. The monoisotopic (exact) mass is 220 g/mol. The van der Waals surface area contributed by atoms with Crippen LogP contribution in [0.1, 0.15) is 25.7 Å². The summed E-state index contributed by atoms with van der Waals surface area (Å²) in [5.74, 6) is 0. The Bertz CT molecular complexity index is 211. The molecule has 1 nitrogen and oxygen atoms in total. The summed E-state index contributed by atoms with van der Waals surface area (Å²) in [6, 6.07) is 0. The molecule has 1 N–H and O–H groups in total. The molecular weight excluding hydrogens is 207 g/mol.